The van der Waals surface area contributed by atoms with Crippen LogP contribution in [-0.4, -0.2) is 29.8 Å². The van der Waals surface area contributed by atoms with Crippen molar-refractivity contribution >= 4 is 61.0 Å². The van der Waals surface area contributed by atoms with Gasteiger partial charge >= 0.3 is 5.97 Å². The van der Waals surface area contributed by atoms with Crippen molar-refractivity contribution in [1.29, 1.82) is 0 Å². The molecule has 3 aliphatic heterocycles. The molecule has 54 heavy (non-hydrogen) atoms. The number of rotatable bonds is 7. The Kier molecular flexibility index (Phi) is 8.27. The van der Waals surface area contributed by atoms with Crippen molar-refractivity contribution in [2.75, 3.05) is 13.2 Å². The molecule has 7 heteroatoms. The van der Waals surface area contributed by atoms with Gasteiger partial charge < -0.3 is 14.4 Å². The van der Waals surface area contributed by atoms with Gasteiger partial charge in [-0.1, -0.05) is 125 Å². The topological polar surface area (TPSA) is 55.8 Å². The third-order valence-electron chi connectivity index (χ3n) is 11.4. The molecule has 9 rings (SSSR count). The average Bonchev–Trinajstić information content (AvgIpc) is 3.68. The van der Waals surface area contributed by atoms with E-state index in [1.165, 1.54) is 0 Å². The Morgan fingerprint density at radius 2 is 1.22 bits per heavy atom. The Hall–Kier alpha value is -4.95. The van der Waals surface area contributed by atoms with Crippen LogP contribution in [-0.2, 0) is 30.2 Å². The zero-order chi connectivity index (χ0) is 37.4. The van der Waals surface area contributed by atoms with Crippen molar-refractivity contribution in [1.82, 2.24) is 4.90 Å². The minimum absolute atomic E-state index is 0.111. The van der Waals surface area contributed by atoms with E-state index in [0.717, 1.165) is 53.3 Å². The molecule has 268 valence electrons. The first-order chi connectivity index (χ1) is 26.3. The highest BCUT2D eigenvalue weighted by Gasteiger charge is 2.78. The number of hydrogen-bond donors (Lipinski definition) is 0. The van der Waals surface area contributed by atoms with Crippen molar-refractivity contribution in [2.45, 2.75) is 43.6 Å². The van der Waals surface area contributed by atoms with Crippen molar-refractivity contribution < 1.29 is 19.1 Å². The molecule has 0 aromatic heterocycles. The SMILES string of the molecule is CCOC(=O)[C@@]12O[C@@]3(C(=C1C(=O)c1ccc(Br)cc1)N(CC)C(C)=C(C)SC3(c1ccccc1)c1ccccc1)c1c2c2ccccc2c2ccccc12. The summed E-state index contributed by atoms with van der Waals surface area (Å²) in [4.78, 5) is 34.5. The van der Waals surface area contributed by atoms with Crippen LogP contribution in [0.5, 0.6) is 0 Å². The van der Waals surface area contributed by atoms with Crippen LogP contribution in [0.25, 0.3) is 21.5 Å². The number of allylic oxidation sites excluding steroid dienone is 2. The minimum Gasteiger partial charge on any atom is -0.463 e. The van der Waals surface area contributed by atoms with Crippen molar-refractivity contribution in [3.05, 3.63) is 188 Å². The molecule has 3 aliphatic rings. The highest BCUT2D eigenvalue weighted by atomic mass is 79.9. The van der Waals surface area contributed by atoms with Crippen molar-refractivity contribution in [3.8, 4) is 0 Å². The van der Waals surface area contributed by atoms with E-state index in [1.54, 1.807) is 18.7 Å². The minimum atomic E-state index is -1.91. The summed E-state index contributed by atoms with van der Waals surface area (Å²) in [5, 5.41) is 3.84. The summed E-state index contributed by atoms with van der Waals surface area (Å²) in [6.07, 6.45) is 0. The molecule has 0 fully saturated rings. The standard InChI is InChI=1S/C47H38BrNO4S/c1-5-49-29(3)30(4)54-47(32-17-9-7-10-18-32,33-19-11-8-12-20-33)46-40-38-24-16-14-22-36(38)35-21-13-15-23-37(35)39(40)45(53-46,44(51)52-6-2)41(43(46)49)42(50)31-25-27-34(48)28-26-31/h7-28H,5-6H2,1-4H3/t45-,46+/m0/s1. The first-order valence-corrected chi connectivity index (χ1v) is 20.0. The van der Waals surface area contributed by atoms with Crippen LogP contribution in [0.4, 0.5) is 0 Å². The summed E-state index contributed by atoms with van der Waals surface area (Å²) in [6.45, 7) is 8.82. The fourth-order valence-corrected chi connectivity index (χ4v) is 11.2. The number of halogens is 1. The summed E-state index contributed by atoms with van der Waals surface area (Å²) in [7, 11) is 0. The molecule has 0 amide bonds. The van der Waals surface area contributed by atoms with Crippen LogP contribution < -0.4 is 0 Å². The Morgan fingerprint density at radius 1 is 0.704 bits per heavy atom. The lowest BCUT2D eigenvalue weighted by molar-refractivity contribution is -0.176. The van der Waals surface area contributed by atoms with E-state index >= 15 is 9.59 Å². The number of hydrogen-bond acceptors (Lipinski definition) is 6. The number of esters is 1. The Bertz CT molecular complexity index is 2540. The number of ketones is 1. The lowest BCUT2D eigenvalue weighted by atomic mass is 9.63. The fraction of sp³-hybridized carbons (Fsp3) is 0.191. The zero-order valence-corrected chi connectivity index (χ0v) is 32.9. The molecule has 0 radical (unpaired) electrons. The predicted octanol–water partition coefficient (Wildman–Crippen LogP) is 11.2. The smallest absolute Gasteiger partial charge is 0.348 e. The molecule has 0 saturated heterocycles. The van der Waals surface area contributed by atoms with Gasteiger partial charge in [-0.15, -0.1) is 11.8 Å². The highest BCUT2D eigenvalue weighted by molar-refractivity contribution is 9.10. The number of likely N-dealkylation sites (N-methyl/N-ethyl adjacent to an activating group) is 1. The third kappa shape index (κ3) is 4.43. The van der Waals surface area contributed by atoms with Gasteiger partial charge in [0.05, 0.1) is 17.9 Å². The van der Waals surface area contributed by atoms with Gasteiger partial charge in [0.2, 0.25) is 5.60 Å². The summed E-state index contributed by atoms with van der Waals surface area (Å²) in [6, 6.07) is 44.9. The maximum Gasteiger partial charge on any atom is 0.348 e. The molecule has 6 aromatic carbocycles. The van der Waals surface area contributed by atoms with Gasteiger partial charge in [-0.2, -0.15) is 0 Å². The Labute approximate surface area is 327 Å². The molecule has 2 bridgehead atoms. The van der Waals surface area contributed by atoms with Gasteiger partial charge in [0.15, 0.2) is 11.4 Å². The largest absolute Gasteiger partial charge is 0.463 e. The first-order valence-electron chi connectivity index (χ1n) is 18.4. The van der Waals surface area contributed by atoms with E-state index in [0.29, 0.717) is 28.9 Å². The maximum atomic E-state index is 15.8. The molecule has 0 N–H and O–H groups in total. The van der Waals surface area contributed by atoms with E-state index in [4.69, 9.17) is 9.47 Å². The third-order valence-corrected chi connectivity index (χ3v) is 13.6. The number of thioether (sulfide) groups is 1. The monoisotopic (exact) mass is 791 g/mol. The Morgan fingerprint density at radius 3 is 1.76 bits per heavy atom. The average molecular weight is 793 g/mol. The van der Waals surface area contributed by atoms with E-state index < -0.39 is 21.9 Å². The van der Waals surface area contributed by atoms with E-state index in [-0.39, 0.29) is 12.4 Å². The van der Waals surface area contributed by atoms with Gasteiger partial charge in [-0.05, 0) is 84.6 Å². The lowest BCUT2D eigenvalue weighted by Crippen LogP contribution is -2.51. The van der Waals surface area contributed by atoms with E-state index in [9.17, 15) is 0 Å². The molecular weight excluding hydrogens is 754 g/mol. The summed E-state index contributed by atoms with van der Waals surface area (Å²) in [5.74, 6) is -0.875. The molecule has 0 saturated carbocycles. The summed E-state index contributed by atoms with van der Waals surface area (Å²) in [5.41, 5.74) is 2.61. The second kappa shape index (κ2) is 12.8. The van der Waals surface area contributed by atoms with Gasteiger partial charge in [0.1, 0.15) is 4.75 Å². The molecule has 5 nitrogen and oxygen atoms in total. The van der Waals surface area contributed by atoms with Gasteiger partial charge in [0.25, 0.3) is 0 Å². The summed E-state index contributed by atoms with van der Waals surface area (Å²) < 4.78 is 13.9. The normalized spacial score (nSPS) is 21.3. The molecule has 0 aliphatic carbocycles. The van der Waals surface area contributed by atoms with Crippen LogP contribution >= 0.6 is 27.7 Å². The van der Waals surface area contributed by atoms with E-state index in [2.05, 4.69) is 127 Å². The molecule has 6 aromatic rings. The first kappa shape index (κ1) is 34.8. The van der Waals surface area contributed by atoms with Gasteiger partial charge in [-0.25, -0.2) is 4.79 Å². The van der Waals surface area contributed by atoms with Gasteiger partial charge in [0, 0.05) is 38.3 Å². The molecule has 0 unspecified atom stereocenters. The van der Waals surface area contributed by atoms with Crippen molar-refractivity contribution in [2.24, 2.45) is 0 Å². The molecular formula is C47H38BrNO4S. The summed E-state index contributed by atoms with van der Waals surface area (Å²) >= 11 is 5.30. The predicted molar refractivity (Wildman–Crippen MR) is 220 cm³/mol. The number of benzene rings is 6. The van der Waals surface area contributed by atoms with Crippen molar-refractivity contribution in [3.63, 3.8) is 0 Å². The number of Topliss-reactive ketones (excluding diaryl/α,β-unsaturated/α-hetero) is 1. The molecule has 2 atom stereocenters. The van der Waals surface area contributed by atoms with Crippen LogP contribution in [0, 0.1) is 0 Å². The number of carbonyl (C=O) groups excluding carboxylic acids is 2. The fourth-order valence-electron chi connectivity index (χ4n) is 9.29. The van der Waals surface area contributed by atoms with Gasteiger partial charge in [-0.3, -0.25) is 4.79 Å². The van der Waals surface area contributed by atoms with Crippen LogP contribution in [0.2, 0.25) is 0 Å². The number of fused-ring (bicyclic) bond motifs is 8. The number of ether oxygens (including phenoxy) is 2. The quantitative estimate of drug-likeness (QED) is 0.0912. The Balaban J connectivity index is 1.61. The maximum absolute atomic E-state index is 15.8. The second-order valence-electron chi connectivity index (χ2n) is 14.0. The number of carbonyl (C=O) groups is 2. The molecule has 1 spiro atoms. The van der Waals surface area contributed by atoms with Crippen LogP contribution in [0.15, 0.2) is 160 Å². The van der Waals surface area contributed by atoms with E-state index in [1.807, 2.05) is 48.5 Å². The second-order valence-corrected chi connectivity index (χ2v) is 16.3. The number of nitrogens with zero attached hydrogens (tertiary/aromatic N) is 1. The van der Waals surface area contributed by atoms with Crippen LogP contribution in [0.1, 0.15) is 60.3 Å². The lowest BCUT2D eigenvalue weighted by Gasteiger charge is -2.49. The highest BCUT2D eigenvalue weighted by Crippen LogP contribution is 2.76. The van der Waals surface area contributed by atoms with Crippen LogP contribution in [0.3, 0.4) is 0 Å². The molecule has 3 heterocycles. The zero-order valence-electron chi connectivity index (χ0n) is 30.5.